The number of carboxylic acid groups (broad SMARTS) is 1. The summed E-state index contributed by atoms with van der Waals surface area (Å²) < 4.78 is 18.4. The highest BCUT2D eigenvalue weighted by Crippen LogP contribution is 2.44. The van der Waals surface area contributed by atoms with Crippen molar-refractivity contribution in [2.24, 2.45) is 0 Å². The van der Waals surface area contributed by atoms with Gasteiger partial charge in [-0.15, -0.1) is 0 Å². The third-order valence-corrected chi connectivity index (χ3v) is 4.45. The van der Waals surface area contributed by atoms with Crippen LogP contribution >= 0.6 is 0 Å². The number of carbonyl (C=O) groups is 1. The maximum absolute atomic E-state index is 10.8. The fraction of sp³-hybridized carbons (Fsp3) is 0.316. The summed E-state index contributed by atoms with van der Waals surface area (Å²) in [4.78, 5) is 19.8. The normalized spacial score (nSPS) is 12.4. The van der Waals surface area contributed by atoms with Gasteiger partial charge < -0.3 is 24.6 Å². The van der Waals surface area contributed by atoms with Crippen molar-refractivity contribution < 1.29 is 24.1 Å². The van der Waals surface area contributed by atoms with Crippen LogP contribution < -0.4 is 19.5 Å². The van der Waals surface area contributed by atoms with Crippen LogP contribution in [-0.2, 0) is 4.79 Å². The van der Waals surface area contributed by atoms with Crippen LogP contribution in [0, 0.1) is 6.92 Å². The van der Waals surface area contributed by atoms with Gasteiger partial charge in [-0.1, -0.05) is 0 Å². The first-order chi connectivity index (χ1) is 13.6. The lowest BCUT2D eigenvalue weighted by Crippen LogP contribution is -2.08. The molecule has 2 aromatic heterocycles. The van der Waals surface area contributed by atoms with Gasteiger partial charge in [-0.25, -0.2) is 4.98 Å². The van der Waals surface area contributed by atoms with Crippen LogP contribution in [0.2, 0.25) is 0 Å². The number of aryl methyl sites for hydroxylation is 1. The van der Waals surface area contributed by atoms with E-state index in [2.05, 4.69) is 10.3 Å². The third kappa shape index (κ3) is 3.26. The van der Waals surface area contributed by atoms with E-state index in [0.29, 0.717) is 41.6 Å². The van der Waals surface area contributed by atoms with E-state index in [1.54, 1.807) is 19.4 Å². The topological polar surface area (TPSA) is 107 Å². The van der Waals surface area contributed by atoms with Gasteiger partial charge in [0.05, 0.1) is 19.0 Å². The molecule has 2 N–H and O–H groups in total. The van der Waals surface area contributed by atoms with E-state index in [0.717, 1.165) is 17.1 Å². The number of hydrogen-bond donors (Lipinski definition) is 2. The largest absolute Gasteiger partial charge is 0.496 e. The Kier molecular flexibility index (Phi) is 4.64. The maximum Gasteiger partial charge on any atom is 0.303 e. The van der Waals surface area contributed by atoms with Crippen molar-refractivity contribution in [3.05, 3.63) is 30.2 Å². The van der Waals surface area contributed by atoms with Crippen LogP contribution in [0.4, 0.5) is 5.82 Å². The summed E-state index contributed by atoms with van der Waals surface area (Å²) in [5.74, 6) is 1.77. The maximum atomic E-state index is 10.8. The van der Waals surface area contributed by atoms with E-state index in [1.807, 2.05) is 23.6 Å². The van der Waals surface area contributed by atoms with Crippen LogP contribution in [0.5, 0.6) is 17.2 Å². The average molecular weight is 384 g/mol. The van der Waals surface area contributed by atoms with Gasteiger partial charge in [-0.2, -0.15) is 0 Å². The lowest BCUT2D eigenvalue weighted by atomic mass is 10.1. The zero-order valence-electron chi connectivity index (χ0n) is 15.6. The molecule has 3 aromatic rings. The molecule has 0 bridgehead atoms. The molecule has 0 amide bonds. The van der Waals surface area contributed by atoms with Crippen molar-refractivity contribution in [3.8, 4) is 28.5 Å². The Morgan fingerprint density at radius 3 is 2.89 bits per heavy atom. The second-order valence-electron chi connectivity index (χ2n) is 6.40. The Hall–Kier alpha value is -3.49. The fourth-order valence-electron chi connectivity index (χ4n) is 3.13. The smallest absolute Gasteiger partial charge is 0.303 e. The molecule has 0 aliphatic carbocycles. The number of carboxylic acids is 1. The highest BCUT2D eigenvalue weighted by Gasteiger charge is 2.23. The summed E-state index contributed by atoms with van der Waals surface area (Å²) in [5.41, 5.74) is 2.91. The standard InChI is InChI=1S/C19H20N4O5/c1-11-9-23-16(8-21-11)22-18(19(23)20-5-3-4-17(24)25)12-6-14-15(28-10-27-14)7-13(12)26-2/h6-9,20H,3-5,10H2,1-2H3,(H,24,25). The number of aliphatic carboxylic acids is 1. The molecule has 1 aliphatic heterocycles. The Labute approximate surface area is 160 Å². The molecule has 0 radical (unpaired) electrons. The Balaban J connectivity index is 1.80. The van der Waals surface area contributed by atoms with Crippen molar-refractivity contribution in [1.29, 1.82) is 0 Å². The van der Waals surface area contributed by atoms with E-state index in [9.17, 15) is 4.79 Å². The van der Waals surface area contributed by atoms with E-state index in [1.165, 1.54) is 0 Å². The Morgan fingerprint density at radius 1 is 1.36 bits per heavy atom. The molecule has 0 fully saturated rings. The fourth-order valence-corrected chi connectivity index (χ4v) is 3.13. The number of benzene rings is 1. The monoisotopic (exact) mass is 384 g/mol. The number of anilines is 1. The van der Waals surface area contributed by atoms with Gasteiger partial charge >= 0.3 is 5.97 Å². The molecule has 1 aliphatic rings. The zero-order chi connectivity index (χ0) is 19.7. The second kappa shape index (κ2) is 7.26. The van der Waals surface area contributed by atoms with Crippen molar-refractivity contribution in [2.45, 2.75) is 19.8 Å². The van der Waals surface area contributed by atoms with Crippen molar-refractivity contribution >= 4 is 17.4 Å². The van der Waals surface area contributed by atoms with E-state index in [4.69, 9.17) is 24.3 Å². The number of aromatic nitrogens is 3. The SMILES string of the molecule is COc1cc2c(cc1-c1nc3cnc(C)cn3c1NCCCC(=O)O)OCO2. The molecule has 0 spiro atoms. The quantitative estimate of drug-likeness (QED) is 0.599. The molecular formula is C19H20N4O5. The number of imidazole rings is 1. The summed E-state index contributed by atoms with van der Waals surface area (Å²) in [7, 11) is 1.59. The van der Waals surface area contributed by atoms with E-state index in [-0.39, 0.29) is 13.2 Å². The van der Waals surface area contributed by atoms with Gasteiger partial charge in [-0.3, -0.25) is 14.2 Å². The predicted molar refractivity (Wildman–Crippen MR) is 101 cm³/mol. The molecule has 1 aromatic carbocycles. The van der Waals surface area contributed by atoms with Gasteiger partial charge in [0.25, 0.3) is 0 Å². The van der Waals surface area contributed by atoms with Gasteiger partial charge in [-0.05, 0) is 19.4 Å². The Morgan fingerprint density at radius 2 is 2.14 bits per heavy atom. The number of nitrogens with one attached hydrogen (secondary N) is 1. The summed E-state index contributed by atoms with van der Waals surface area (Å²) >= 11 is 0. The van der Waals surface area contributed by atoms with Gasteiger partial charge in [0.15, 0.2) is 17.1 Å². The van der Waals surface area contributed by atoms with Crippen molar-refractivity contribution in [2.75, 3.05) is 25.8 Å². The number of fused-ring (bicyclic) bond motifs is 2. The summed E-state index contributed by atoms with van der Waals surface area (Å²) in [6.07, 6.45) is 4.16. The molecule has 0 saturated carbocycles. The molecular weight excluding hydrogens is 364 g/mol. The minimum atomic E-state index is -0.822. The highest BCUT2D eigenvalue weighted by molar-refractivity contribution is 5.82. The average Bonchev–Trinajstić information content (AvgIpc) is 3.27. The van der Waals surface area contributed by atoms with Gasteiger partial charge in [0, 0.05) is 30.8 Å². The van der Waals surface area contributed by atoms with E-state index >= 15 is 0 Å². The van der Waals surface area contributed by atoms with Crippen LogP contribution in [-0.4, -0.2) is 45.9 Å². The summed E-state index contributed by atoms with van der Waals surface area (Å²) in [6, 6.07) is 3.62. The first kappa shape index (κ1) is 17.9. The molecule has 9 heteroatoms. The Bertz CT molecular complexity index is 1050. The minimum absolute atomic E-state index is 0.0903. The minimum Gasteiger partial charge on any atom is -0.496 e. The molecule has 28 heavy (non-hydrogen) atoms. The first-order valence-corrected chi connectivity index (χ1v) is 8.85. The predicted octanol–water partition coefficient (Wildman–Crippen LogP) is 2.72. The number of hydrogen-bond acceptors (Lipinski definition) is 7. The van der Waals surface area contributed by atoms with E-state index < -0.39 is 5.97 Å². The van der Waals surface area contributed by atoms with Gasteiger partial charge in [0.1, 0.15) is 17.3 Å². The molecule has 0 unspecified atom stereocenters. The number of methoxy groups -OCH3 is 1. The zero-order valence-corrected chi connectivity index (χ0v) is 15.6. The third-order valence-electron chi connectivity index (χ3n) is 4.45. The molecule has 0 saturated heterocycles. The lowest BCUT2D eigenvalue weighted by molar-refractivity contribution is -0.137. The van der Waals surface area contributed by atoms with Crippen LogP contribution in [0.3, 0.4) is 0 Å². The van der Waals surface area contributed by atoms with Crippen LogP contribution in [0.25, 0.3) is 16.9 Å². The van der Waals surface area contributed by atoms with Crippen LogP contribution in [0.1, 0.15) is 18.5 Å². The molecule has 146 valence electrons. The second-order valence-corrected chi connectivity index (χ2v) is 6.40. The molecule has 3 heterocycles. The van der Waals surface area contributed by atoms with Crippen molar-refractivity contribution in [1.82, 2.24) is 14.4 Å². The molecule has 9 nitrogen and oxygen atoms in total. The molecule has 4 rings (SSSR count). The number of rotatable bonds is 7. The summed E-state index contributed by atoms with van der Waals surface area (Å²) in [5, 5.41) is 12.2. The molecule has 0 atom stereocenters. The lowest BCUT2D eigenvalue weighted by Gasteiger charge is -2.12. The van der Waals surface area contributed by atoms with Crippen molar-refractivity contribution in [3.63, 3.8) is 0 Å². The first-order valence-electron chi connectivity index (χ1n) is 8.85. The van der Waals surface area contributed by atoms with Gasteiger partial charge in [0.2, 0.25) is 6.79 Å². The van der Waals surface area contributed by atoms with Crippen LogP contribution in [0.15, 0.2) is 24.5 Å². The highest BCUT2D eigenvalue weighted by atomic mass is 16.7. The summed E-state index contributed by atoms with van der Waals surface area (Å²) in [6.45, 7) is 2.55. The number of nitrogens with zero attached hydrogens (tertiary/aromatic N) is 3. The number of ether oxygens (including phenoxy) is 3.